The fourth-order valence-corrected chi connectivity index (χ4v) is 8.08. The molecule has 0 amide bonds. The first kappa shape index (κ1) is 21.9. The van der Waals surface area contributed by atoms with E-state index in [0.29, 0.717) is 11.3 Å². The van der Waals surface area contributed by atoms with Gasteiger partial charge in [-0.1, -0.05) is 133 Å². The zero-order chi connectivity index (χ0) is 47.9. The van der Waals surface area contributed by atoms with Gasteiger partial charge in [0, 0.05) is 49.1 Å². The summed E-state index contributed by atoms with van der Waals surface area (Å²) >= 11 is 0. The molecule has 6 heteroatoms. The van der Waals surface area contributed by atoms with Crippen molar-refractivity contribution in [1.29, 1.82) is 0 Å². The standard InChI is InChI=1S/C51H32N6/c1-2-16-34(17-3-1)55-42-24-10-4-22-39(42)40-31-30-33(32-48(40)55)49-52-50(54-51(53-49)57-45-27-13-7-20-37(45)38-21-8-14-28-46(38)57)41-23-9-15-29-47(41)56-43-25-11-5-18-35(43)36-19-6-12-26-44(36)56/h1-32H/i1D,2D,3D,4D,10D,16D,17D,22D,24D,30D,31D,32D. The molecule has 12 aromatic rings. The minimum absolute atomic E-state index is 0.112. The van der Waals surface area contributed by atoms with Crippen LogP contribution >= 0.6 is 0 Å². The largest absolute Gasteiger partial charge is 0.309 e. The van der Waals surface area contributed by atoms with Crippen molar-refractivity contribution in [3.05, 3.63) is 194 Å². The van der Waals surface area contributed by atoms with Gasteiger partial charge < -0.3 is 9.13 Å². The third-order valence-corrected chi connectivity index (χ3v) is 10.5. The van der Waals surface area contributed by atoms with Crippen LogP contribution in [0.5, 0.6) is 0 Å². The molecule has 266 valence electrons. The molecule has 0 aliphatic carbocycles. The predicted molar refractivity (Wildman–Crippen MR) is 234 cm³/mol. The van der Waals surface area contributed by atoms with Crippen molar-refractivity contribution in [3.63, 3.8) is 0 Å². The van der Waals surface area contributed by atoms with Crippen molar-refractivity contribution in [2.45, 2.75) is 0 Å². The van der Waals surface area contributed by atoms with E-state index in [4.69, 9.17) is 27.3 Å². The number of hydrogen-bond acceptors (Lipinski definition) is 3. The Morgan fingerprint density at radius 3 is 1.56 bits per heavy atom. The fourth-order valence-electron chi connectivity index (χ4n) is 8.08. The first-order valence-corrected chi connectivity index (χ1v) is 18.2. The van der Waals surface area contributed by atoms with Gasteiger partial charge in [-0.3, -0.25) is 4.57 Å². The molecule has 0 bridgehead atoms. The number of rotatable bonds is 5. The zero-order valence-electron chi connectivity index (χ0n) is 41.7. The van der Waals surface area contributed by atoms with Gasteiger partial charge in [0.1, 0.15) is 0 Å². The van der Waals surface area contributed by atoms with Crippen molar-refractivity contribution in [2.75, 3.05) is 0 Å². The summed E-state index contributed by atoms with van der Waals surface area (Å²) in [5.41, 5.74) is 3.15. The Hall–Kier alpha value is -7.83. The molecule has 0 fully saturated rings. The lowest BCUT2D eigenvalue weighted by atomic mass is 10.1. The van der Waals surface area contributed by atoms with E-state index < -0.39 is 78.2 Å². The highest BCUT2D eigenvalue weighted by Gasteiger charge is 2.22. The van der Waals surface area contributed by atoms with Crippen LogP contribution in [-0.2, 0) is 0 Å². The van der Waals surface area contributed by atoms with Gasteiger partial charge in [-0.25, -0.2) is 4.98 Å². The first-order chi connectivity index (χ1) is 33.3. The maximum absolute atomic E-state index is 10.1. The number of benzene rings is 8. The van der Waals surface area contributed by atoms with E-state index in [9.17, 15) is 4.11 Å². The number of aromatic nitrogens is 6. The molecule has 0 saturated heterocycles. The van der Waals surface area contributed by atoms with Gasteiger partial charge in [0.15, 0.2) is 11.6 Å². The van der Waals surface area contributed by atoms with Crippen LogP contribution in [0.1, 0.15) is 16.4 Å². The van der Waals surface area contributed by atoms with Gasteiger partial charge in [-0.2, -0.15) is 9.97 Å². The van der Waals surface area contributed by atoms with Crippen LogP contribution in [0.25, 0.3) is 106 Å². The zero-order valence-corrected chi connectivity index (χ0v) is 29.7. The first-order valence-electron chi connectivity index (χ1n) is 24.2. The summed E-state index contributed by atoms with van der Waals surface area (Å²) in [6.07, 6.45) is 0. The maximum atomic E-state index is 10.1. The molecule has 6 nitrogen and oxygen atoms in total. The highest BCUT2D eigenvalue weighted by molar-refractivity contribution is 6.12. The fraction of sp³-hybridized carbons (Fsp3) is 0. The molecule has 0 N–H and O–H groups in total. The topological polar surface area (TPSA) is 53.5 Å². The van der Waals surface area contributed by atoms with Gasteiger partial charge in [0.2, 0.25) is 5.95 Å². The number of hydrogen-bond donors (Lipinski definition) is 0. The van der Waals surface area contributed by atoms with Crippen molar-refractivity contribution < 1.29 is 16.4 Å². The number of para-hydroxylation sites is 7. The summed E-state index contributed by atoms with van der Waals surface area (Å²) in [5, 5.41) is 3.34. The molecule has 0 radical (unpaired) electrons. The molecule has 4 heterocycles. The van der Waals surface area contributed by atoms with Crippen molar-refractivity contribution in [2.24, 2.45) is 0 Å². The third-order valence-electron chi connectivity index (χ3n) is 10.5. The van der Waals surface area contributed by atoms with Gasteiger partial charge in [0.05, 0.1) is 55.2 Å². The lowest BCUT2D eigenvalue weighted by molar-refractivity contribution is 0.952. The molecule has 57 heavy (non-hydrogen) atoms. The van der Waals surface area contributed by atoms with Gasteiger partial charge in [-0.05, 0) is 60.6 Å². The summed E-state index contributed by atoms with van der Waals surface area (Å²) in [5.74, 6) is 0.0443. The second kappa shape index (κ2) is 12.3. The molecule has 0 unspecified atom stereocenters. The Morgan fingerprint density at radius 2 is 0.895 bits per heavy atom. The second-order valence-electron chi connectivity index (χ2n) is 13.5. The molecular formula is C51H32N6. The summed E-state index contributed by atoms with van der Waals surface area (Å²) in [7, 11) is 0. The van der Waals surface area contributed by atoms with Crippen LogP contribution in [0.2, 0.25) is 0 Å². The van der Waals surface area contributed by atoms with E-state index in [2.05, 4.69) is 16.7 Å². The summed E-state index contributed by atoms with van der Waals surface area (Å²) in [6.45, 7) is 0. The third kappa shape index (κ3) is 4.74. The number of nitrogens with zero attached hydrogens (tertiary/aromatic N) is 6. The molecule has 0 aliphatic rings. The van der Waals surface area contributed by atoms with E-state index in [1.54, 1.807) is 0 Å². The Kier molecular flexibility index (Phi) is 4.74. The molecule has 0 aliphatic heterocycles. The SMILES string of the molecule is [2H]c1c([2H])c([2H])c(-n2c3c([2H])c([2H])c([2H])c([2H])c3c3c([2H])c([2H])c(-c4nc(-c5ccccc5-n5c6ccccc6c6ccccc65)nc(-n5c6ccccc6c6ccccc65)n4)c([2H])c32)c([2H])c1[2H]. The summed E-state index contributed by atoms with van der Waals surface area (Å²) in [4.78, 5) is 15.3. The van der Waals surface area contributed by atoms with Crippen LogP contribution in [0.3, 0.4) is 0 Å². The smallest absolute Gasteiger partial charge is 0.238 e. The molecule has 4 aromatic heterocycles. The Bertz CT molecular complexity index is 4120. The average Bonchev–Trinajstić information content (AvgIpc) is 4.02. The average molecular weight is 741 g/mol. The van der Waals surface area contributed by atoms with Crippen LogP contribution in [0.15, 0.2) is 194 Å². The quantitative estimate of drug-likeness (QED) is 0.177. The Balaban J connectivity index is 1.24. The second-order valence-corrected chi connectivity index (χ2v) is 13.5. The minimum Gasteiger partial charge on any atom is -0.309 e. The molecular weight excluding hydrogens is 697 g/mol. The summed E-state index contributed by atoms with van der Waals surface area (Å²) in [6, 6.07) is 31.3. The van der Waals surface area contributed by atoms with Crippen LogP contribution in [0.4, 0.5) is 0 Å². The van der Waals surface area contributed by atoms with E-state index in [0.717, 1.165) is 48.2 Å². The highest BCUT2D eigenvalue weighted by Crippen LogP contribution is 2.38. The number of fused-ring (bicyclic) bond motifs is 9. The maximum Gasteiger partial charge on any atom is 0.238 e. The van der Waals surface area contributed by atoms with Crippen LogP contribution < -0.4 is 0 Å². The van der Waals surface area contributed by atoms with Crippen molar-refractivity contribution in [1.82, 2.24) is 28.7 Å². The van der Waals surface area contributed by atoms with Crippen LogP contribution in [0, 0.1) is 0 Å². The molecule has 12 rings (SSSR count). The van der Waals surface area contributed by atoms with Crippen molar-refractivity contribution >= 4 is 65.4 Å². The van der Waals surface area contributed by atoms with Crippen LogP contribution in [-0.4, -0.2) is 28.7 Å². The normalized spacial score (nSPS) is 14.8. The van der Waals surface area contributed by atoms with Crippen molar-refractivity contribution in [3.8, 4) is 40.1 Å². The van der Waals surface area contributed by atoms with Gasteiger partial charge in [0.25, 0.3) is 0 Å². The highest BCUT2D eigenvalue weighted by atomic mass is 15.2. The Morgan fingerprint density at radius 1 is 0.368 bits per heavy atom. The molecule has 0 atom stereocenters. The molecule has 0 saturated carbocycles. The van der Waals surface area contributed by atoms with E-state index in [1.165, 1.54) is 0 Å². The van der Waals surface area contributed by atoms with Gasteiger partial charge in [-0.15, -0.1) is 0 Å². The van der Waals surface area contributed by atoms with E-state index in [1.807, 2.05) is 114 Å². The predicted octanol–water partition coefficient (Wildman–Crippen LogP) is 12.5. The van der Waals surface area contributed by atoms with Gasteiger partial charge >= 0.3 is 0 Å². The minimum atomic E-state index is -0.725. The van der Waals surface area contributed by atoms with E-state index in [-0.39, 0.29) is 45.0 Å². The Labute approximate surface area is 344 Å². The monoisotopic (exact) mass is 740 g/mol. The van der Waals surface area contributed by atoms with E-state index >= 15 is 0 Å². The molecule has 8 aromatic carbocycles. The lowest BCUT2D eigenvalue weighted by Gasteiger charge is -2.15. The summed E-state index contributed by atoms with van der Waals surface area (Å²) < 4.78 is 113. The molecule has 0 spiro atoms. The lowest BCUT2D eigenvalue weighted by Crippen LogP contribution is -2.08.